The molecule has 6 rings (SSSR count). The van der Waals surface area contributed by atoms with E-state index >= 15 is 0 Å². The van der Waals surface area contributed by atoms with E-state index < -0.39 is 21.1 Å². The lowest BCUT2D eigenvalue weighted by Gasteiger charge is -2.17. The number of halogens is 1. The number of sulfone groups is 1. The van der Waals surface area contributed by atoms with Crippen LogP contribution in [-0.2, 0) is 21.1 Å². The molecule has 44 heavy (non-hydrogen) atoms. The zero-order valence-corrected chi connectivity index (χ0v) is 25.3. The molecular formula is C31H29FN8O3S. The molecule has 0 spiro atoms. The smallest absolute Gasteiger partial charge is 0.229 e. The molecule has 5 aromatic heterocycles. The van der Waals surface area contributed by atoms with Crippen LogP contribution in [0.3, 0.4) is 0 Å². The SMILES string of the molecule is CC(C)(C)C(=O)Nc1cncc(-c2cc3c(-c4nc5nccc(-c6cc(F)cc(CCS(C)(=O)=O)c6)c5[nH]4)n[nH]c3cn2)c1. The second-order valence-electron chi connectivity index (χ2n) is 11.7. The van der Waals surface area contributed by atoms with Crippen molar-refractivity contribution < 1.29 is 17.6 Å². The quantitative estimate of drug-likeness (QED) is 0.218. The predicted octanol–water partition coefficient (Wildman–Crippen LogP) is 5.34. The van der Waals surface area contributed by atoms with Crippen LogP contribution < -0.4 is 5.32 Å². The van der Waals surface area contributed by atoms with Crippen molar-refractivity contribution in [2.75, 3.05) is 17.3 Å². The number of carbonyl (C=O) groups excluding carboxylic acids is 1. The maximum Gasteiger partial charge on any atom is 0.229 e. The zero-order valence-electron chi connectivity index (χ0n) is 24.4. The molecule has 0 aliphatic carbocycles. The summed E-state index contributed by atoms with van der Waals surface area (Å²) >= 11 is 0. The minimum atomic E-state index is -3.20. The third-order valence-electron chi connectivity index (χ3n) is 7.07. The van der Waals surface area contributed by atoms with E-state index in [1.165, 1.54) is 12.1 Å². The van der Waals surface area contributed by atoms with Gasteiger partial charge in [-0.3, -0.25) is 19.9 Å². The number of hydrogen-bond acceptors (Lipinski definition) is 8. The molecule has 224 valence electrons. The number of nitrogens with one attached hydrogen (secondary N) is 3. The lowest BCUT2D eigenvalue weighted by molar-refractivity contribution is -0.123. The highest BCUT2D eigenvalue weighted by Gasteiger charge is 2.22. The van der Waals surface area contributed by atoms with Gasteiger partial charge in [0.05, 0.1) is 40.6 Å². The number of benzene rings is 1. The Morgan fingerprint density at radius 3 is 2.61 bits per heavy atom. The summed E-state index contributed by atoms with van der Waals surface area (Å²) in [6, 6.07) is 9.94. The van der Waals surface area contributed by atoms with Crippen molar-refractivity contribution in [3.8, 4) is 33.9 Å². The van der Waals surface area contributed by atoms with Gasteiger partial charge in [-0.25, -0.2) is 22.8 Å². The third-order valence-corrected chi connectivity index (χ3v) is 8.01. The summed E-state index contributed by atoms with van der Waals surface area (Å²) in [4.78, 5) is 33.7. The highest BCUT2D eigenvalue weighted by Crippen LogP contribution is 2.33. The predicted molar refractivity (Wildman–Crippen MR) is 167 cm³/mol. The first-order chi connectivity index (χ1) is 20.8. The van der Waals surface area contributed by atoms with E-state index in [0.29, 0.717) is 61.8 Å². The van der Waals surface area contributed by atoms with Gasteiger partial charge in [-0.1, -0.05) is 26.8 Å². The molecule has 1 aromatic carbocycles. The van der Waals surface area contributed by atoms with Gasteiger partial charge < -0.3 is 10.3 Å². The number of nitrogens with zero attached hydrogens (tertiary/aromatic N) is 5. The van der Waals surface area contributed by atoms with E-state index in [1.54, 1.807) is 36.9 Å². The van der Waals surface area contributed by atoms with Gasteiger partial charge in [-0.2, -0.15) is 5.10 Å². The summed E-state index contributed by atoms with van der Waals surface area (Å²) in [6.07, 6.45) is 7.86. The molecule has 0 saturated carbocycles. The molecule has 0 aliphatic rings. The van der Waals surface area contributed by atoms with Crippen LogP contribution in [0.5, 0.6) is 0 Å². The van der Waals surface area contributed by atoms with Gasteiger partial charge in [0.2, 0.25) is 5.91 Å². The van der Waals surface area contributed by atoms with Gasteiger partial charge in [0.25, 0.3) is 0 Å². The fourth-order valence-corrected chi connectivity index (χ4v) is 5.35. The summed E-state index contributed by atoms with van der Waals surface area (Å²) < 4.78 is 38.0. The number of amides is 1. The van der Waals surface area contributed by atoms with Crippen molar-refractivity contribution in [2.45, 2.75) is 27.2 Å². The average molecular weight is 613 g/mol. The van der Waals surface area contributed by atoms with Crippen LogP contribution in [0.25, 0.3) is 56.0 Å². The molecule has 6 aromatic rings. The summed E-state index contributed by atoms with van der Waals surface area (Å²) in [5, 5.41) is 11.1. The Kier molecular flexibility index (Phi) is 7.20. The summed E-state index contributed by atoms with van der Waals surface area (Å²) in [5.74, 6) is -0.227. The maximum atomic E-state index is 14.6. The highest BCUT2D eigenvalue weighted by atomic mass is 32.2. The van der Waals surface area contributed by atoms with Crippen LogP contribution in [0.2, 0.25) is 0 Å². The first-order valence-corrected chi connectivity index (χ1v) is 15.8. The van der Waals surface area contributed by atoms with Gasteiger partial charge in [-0.05, 0) is 47.9 Å². The van der Waals surface area contributed by atoms with Gasteiger partial charge in [0.1, 0.15) is 21.3 Å². The zero-order chi connectivity index (χ0) is 31.2. The van der Waals surface area contributed by atoms with E-state index in [2.05, 4.69) is 40.4 Å². The number of aromatic nitrogens is 7. The van der Waals surface area contributed by atoms with Crippen LogP contribution in [0, 0.1) is 11.2 Å². The van der Waals surface area contributed by atoms with E-state index in [1.807, 2.05) is 32.9 Å². The fraction of sp³-hybridized carbons (Fsp3) is 0.226. The minimum absolute atomic E-state index is 0.0785. The van der Waals surface area contributed by atoms with E-state index in [-0.39, 0.29) is 18.1 Å². The second-order valence-corrected chi connectivity index (χ2v) is 14.0. The molecule has 0 aliphatic heterocycles. The number of fused-ring (bicyclic) bond motifs is 2. The molecule has 5 heterocycles. The van der Waals surface area contributed by atoms with Crippen molar-refractivity contribution in [3.63, 3.8) is 0 Å². The van der Waals surface area contributed by atoms with Crippen molar-refractivity contribution in [2.24, 2.45) is 5.41 Å². The second kappa shape index (κ2) is 10.9. The third kappa shape index (κ3) is 6.04. The number of anilines is 1. The monoisotopic (exact) mass is 612 g/mol. The number of carbonyl (C=O) groups is 1. The number of imidazole rings is 1. The van der Waals surface area contributed by atoms with Crippen LogP contribution in [-0.4, -0.2) is 61.5 Å². The Morgan fingerprint density at radius 2 is 1.84 bits per heavy atom. The van der Waals surface area contributed by atoms with Gasteiger partial charge in [0, 0.05) is 40.6 Å². The Balaban J connectivity index is 1.37. The standard InChI is InChI=1S/C31H29FN8O3S/c1-31(2,3)30(41)36-21-12-19(14-33-15-21)24-13-23-25(16-35-24)39-40-27(23)29-37-26-22(5-7-34-28(26)38-29)18-9-17(10-20(32)11-18)6-8-44(4,42)43/h5,7,9-16H,6,8H2,1-4H3,(H,36,41)(H,39,40)(H,34,37,38). The molecule has 1 amide bonds. The average Bonchev–Trinajstić information content (AvgIpc) is 3.59. The van der Waals surface area contributed by atoms with Crippen molar-refractivity contribution in [1.82, 2.24) is 35.1 Å². The van der Waals surface area contributed by atoms with E-state index in [4.69, 9.17) is 0 Å². The maximum absolute atomic E-state index is 14.6. The fourth-order valence-electron chi connectivity index (χ4n) is 4.74. The number of aryl methyl sites for hydroxylation is 1. The number of H-pyrrole nitrogens is 2. The number of hydrogen-bond donors (Lipinski definition) is 3. The Labute approximate surface area is 252 Å². The summed E-state index contributed by atoms with van der Waals surface area (Å²) in [6.45, 7) is 5.51. The molecule has 0 radical (unpaired) electrons. The molecular weight excluding hydrogens is 583 g/mol. The van der Waals surface area contributed by atoms with Gasteiger partial charge in [-0.15, -0.1) is 0 Å². The molecule has 11 nitrogen and oxygen atoms in total. The summed E-state index contributed by atoms with van der Waals surface area (Å²) in [7, 11) is -3.20. The molecule has 0 unspecified atom stereocenters. The first kappa shape index (κ1) is 29.1. The van der Waals surface area contributed by atoms with Crippen molar-refractivity contribution >= 4 is 43.5 Å². The summed E-state index contributed by atoms with van der Waals surface area (Å²) in [5.41, 5.74) is 5.35. The lowest BCUT2D eigenvalue weighted by Crippen LogP contribution is -2.27. The van der Waals surface area contributed by atoms with Crippen LogP contribution in [0.4, 0.5) is 10.1 Å². The number of aromatic amines is 2. The normalized spacial score (nSPS) is 12.2. The van der Waals surface area contributed by atoms with E-state index in [0.717, 1.165) is 11.6 Å². The van der Waals surface area contributed by atoms with Crippen LogP contribution in [0.15, 0.2) is 61.2 Å². The molecule has 0 fully saturated rings. The van der Waals surface area contributed by atoms with Crippen LogP contribution in [0.1, 0.15) is 26.3 Å². The first-order valence-electron chi connectivity index (χ1n) is 13.8. The highest BCUT2D eigenvalue weighted by molar-refractivity contribution is 7.90. The Morgan fingerprint density at radius 1 is 1.02 bits per heavy atom. The van der Waals surface area contributed by atoms with E-state index in [9.17, 15) is 17.6 Å². The van der Waals surface area contributed by atoms with Crippen molar-refractivity contribution in [1.29, 1.82) is 0 Å². The minimum Gasteiger partial charge on any atom is -0.335 e. The van der Waals surface area contributed by atoms with Crippen LogP contribution >= 0.6 is 0 Å². The topological polar surface area (TPSA) is 159 Å². The van der Waals surface area contributed by atoms with Crippen molar-refractivity contribution in [3.05, 3.63) is 72.6 Å². The number of rotatable bonds is 7. The molecule has 3 N–H and O–H groups in total. The number of pyridine rings is 3. The lowest BCUT2D eigenvalue weighted by atomic mass is 9.95. The molecule has 0 atom stereocenters. The molecule has 0 bridgehead atoms. The van der Waals surface area contributed by atoms with Gasteiger partial charge >= 0.3 is 0 Å². The largest absolute Gasteiger partial charge is 0.335 e. The van der Waals surface area contributed by atoms with Gasteiger partial charge in [0.15, 0.2) is 11.5 Å². The molecule has 13 heteroatoms. The molecule has 0 saturated heterocycles. The Hall–Kier alpha value is -5.04. The Bertz CT molecular complexity index is 2170.